The molecule has 17 heteroatoms. The van der Waals surface area contributed by atoms with Gasteiger partial charge in [0.15, 0.2) is 17.0 Å². The molecule has 1 aromatic carbocycles. The molecule has 1 unspecified atom stereocenters. The third kappa shape index (κ3) is 9.42. The summed E-state index contributed by atoms with van der Waals surface area (Å²) in [6.45, 7) is 1.61. The topological polar surface area (TPSA) is 260 Å². The predicted molar refractivity (Wildman–Crippen MR) is 153 cm³/mol. The number of hydrogen-bond donors (Lipinski definition) is 5. The van der Waals surface area contributed by atoms with Gasteiger partial charge >= 0.3 is 5.97 Å². The van der Waals surface area contributed by atoms with Gasteiger partial charge in [-0.2, -0.15) is 9.97 Å². The van der Waals surface area contributed by atoms with Gasteiger partial charge in [0.25, 0.3) is 5.91 Å². The molecule has 0 bridgehead atoms. The number of carbonyl (C=O) groups is 3. The van der Waals surface area contributed by atoms with Crippen LogP contribution in [0.3, 0.4) is 0 Å². The highest BCUT2D eigenvalue weighted by Gasteiger charge is 2.22. The SMILES string of the molecule is CN(Cc1cnc2nc(N)nc(N)c2n1)c1ccc(C(=O)NC(CCC(=O)NCCCOCCN=[N+]=[N-])C(=O)O)cc1. The third-order valence-corrected chi connectivity index (χ3v) is 5.92. The molecular formula is C25H32N12O5. The average molecular weight is 581 g/mol. The highest BCUT2D eigenvalue weighted by Crippen LogP contribution is 2.19. The summed E-state index contributed by atoms with van der Waals surface area (Å²) < 4.78 is 5.24. The van der Waals surface area contributed by atoms with E-state index in [9.17, 15) is 19.5 Å². The number of amides is 2. The quantitative estimate of drug-likeness (QED) is 0.0688. The Morgan fingerprint density at radius 1 is 1.17 bits per heavy atom. The number of azide groups is 1. The van der Waals surface area contributed by atoms with Crippen LogP contribution in [0.25, 0.3) is 21.6 Å². The first-order valence-corrected chi connectivity index (χ1v) is 12.9. The Kier molecular flexibility index (Phi) is 11.5. The lowest BCUT2D eigenvalue weighted by atomic mass is 10.1. The van der Waals surface area contributed by atoms with Crippen molar-refractivity contribution >= 4 is 46.4 Å². The highest BCUT2D eigenvalue weighted by molar-refractivity contribution is 5.97. The van der Waals surface area contributed by atoms with E-state index < -0.39 is 17.9 Å². The maximum atomic E-state index is 12.7. The molecule has 7 N–H and O–H groups in total. The summed E-state index contributed by atoms with van der Waals surface area (Å²) in [5.74, 6) is -2.02. The lowest BCUT2D eigenvalue weighted by molar-refractivity contribution is -0.139. The fraction of sp³-hybridized carbons (Fsp3) is 0.400. The van der Waals surface area contributed by atoms with Gasteiger partial charge in [-0.25, -0.2) is 14.8 Å². The van der Waals surface area contributed by atoms with Crippen molar-refractivity contribution in [3.63, 3.8) is 0 Å². The zero-order chi connectivity index (χ0) is 30.5. The molecule has 2 heterocycles. The van der Waals surface area contributed by atoms with Gasteiger partial charge in [-0.1, -0.05) is 5.11 Å². The zero-order valence-corrected chi connectivity index (χ0v) is 22.9. The molecule has 3 aromatic rings. The number of carboxylic acid groups (broad SMARTS) is 1. The third-order valence-electron chi connectivity index (χ3n) is 5.92. The van der Waals surface area contributed by atoms with Crippen LogP contribution in [0.5, 0.6) is 0 Å². The van der Waals surface area contributed by atoms with Crippen molar-refractivity contribution in [1.29, 1.82) is 0 Å². The minimum atomic E-state index is -1.24. The summed E-state index contributed by atoms with van der Waals surface area (Å²) in [5.41, 5.74) is 21.9. The van der Waals surface area contributed by atoms with Crippen LogP contribution in [0.1, 0.15) is 35.3 Å². The molecular weight excluding hydrogens is 548 g/mol. The van der Waals surface area contributed by atoms with E-state index in [0.29, 0.717) is 49.6 Å². The van der Waals surface area contributed by atoms with E-state index in [1.54, 1.807) is 30.5 Å². The van der Waals surface area contributed by atoms with Crippen molar-refractivity contribution in [2.75, 3.05) is 49.7 Å². The van der Waals surface area contributed by atoms with Gasteiger partial charge in [-0.15, -0.1) is 0 Å². The Bertz CT molecular complexity index is 1450. The summed E-state index contributed by atoms with van der Waals surface area (Å²) in [5, 5.41) is 18.0. The van der Waals surface area contributed by atoms with E-state index >= 15 is 0 Å². The first kappa shape index (κ1) is 31.3. The number of nitrogen functional groups attached to an aromatic ring is 2. The van der Waals surface area contributed by atoms with Gasteiger partial charge in [0.05, 0.1) is 25.0 Å². The van der Waals surface area contributed by atoms with Gasteiger partial charge in [0.2, 0.25) is 11.9 Å². The number of carboxylic acids is 1. The van der Waals surface area contributed by atoms with Crippen molar-refractivity contribution in [2.45, 2.75) is 31.8 Å². The first-order chi connectivity index (χ1) is 20.2. The van der Waals surface area contributed by atoms with E-state index in [4.69, 9.17) is 21.7 Å². The fourth-order valence-corrected chi connectivity index (χ4v) is 3.78. The predicted octanol–water partition coefficient (Wildman–Crippen LogP) is 1.02. The summed E-state index contributed by atoms with van der Waals surface area (Å²) >= 11 is 0. The van der Waals surface area contributed by atoms with Crippen LogP contribution in [0.4, 0.5) is 17.5 Å². The molecule has 0 fully saturated rings. The Labute approximate surface area is 240 Å². The summed E-state index contributed by atoms with van der Waals surface area (Å²) in [7, 11) is 1.83. The minimum Gasteiger partial charge on any atom is -0.480 e. The number of nitrogens with one attached hydrogen (secondary N) is 2. The van der Waals surface area contributed by atoms with Crippen LogP contribution in [0, 0.1) is 0 Å². The molecule has 0 aliphatic carbocycles. The number of nitrogens with two attached hydrogens (primary N) is 2. The molecule has 17 nitrogen and oxygen atoms in total. The summed E-state index contributed by atoms with van der Waals surface area (Å²) in [6, 6.07) is 5.33. The molecule has 0 saturated heterocycles. The lowest BCUT2D eigenvalue weighted by Gasteiger charge is -2.19. The highest BCUT2D eigenvalue weighted by atomic mass is 16.5. The van der Waals surface area contributed by atoms with Crippen molar-refractivity contribution in [1.82, 2.24) is 30.6 Å². The maximum absolute atomic E-state index is 12.7. The summed E-state index contributed by atoms with van der Waals surface area (Å²) in [4.78, 5) is 57.6. The molecule has 0 radical (unpaired) electrons. The number of benzene rings is 1. The smallest absolute Gasteiger partial charge is 0.326 e. The van der Waals surface area contributed by atoms with Gasteiger partial charge in [-0.05, 0) is 42.6 Å². The number of carbonyl (C=O) groups excluding carboxylic acids is 2. The largest absolute Gasteiger partial charge is 0.480 e. The van der Waals surface area contributed by atoms with E-state index in [1.165, 1.54) is 0 Å². The lowest BCUT2D eigenvalue weighted by Crippen LogP contribution is -2.41. The number of fused-ring (bicyclic) bond motifs is 1. The Balaban J connectivity index is 1.47. The molecule has 0 saturated carbocycles. The van der Waals surface area contributed by atoms with Crippen LogP contribution in [0.15, 0.2) is 35.6 Å². The van der Waals surface area contributed by atoms with Gasteiger partial charge in [0.1, 0.15) is 6.04 Å². The molecule has 2 aromatic heterocycles. The molecule has 3 rings (SSSR count). The first-order valence-electron chi connectivity index (χ1n) is 12.9. The summed E-state index contributed by atoms with van der Waals surface area (Å²) in [6.07, 6.45) is 1.94. The number of ether oxygens (including phenoxy) is 1. The number of rotatable bonds is 16. The average Bonchev–Trinajstić information content (AvgIpc) is 2.96. The van der Waals surface area contributed by atoms with Crippen molar-refractivity contribution in [3.8, 4) is 0 Å². The monoisotopic (exact) mass is 580 g/mol. The molecule has 0 aliphatic heterocycles. The number of hydrogen-bond acceptors (Lipinski definition) is 12. The molecule has 2 amide bonds. The van der Waals surface area contributed by atoms with Crippen molar-refractivity contribution in [3.05, 3.63) is 52.2 Å². The standard InChI is InChI=1S/C25H32N12O5/c1-37(14-16-13-30-22-20(32-16)21(26)34-25(27)35-22)17-5-3-15(4-6-17)23(39)33-18(24(40)41)7-8-19(38)29-9-2-11-42-12-10-31-36-28/h3-6,13,18H,2,7-12,14H2,1H3,(H,29,38)(H,33,39)(H,40,41)(H4,26,27,30,34,35). The van der Waals surface area contributed by atoms with Crippen LogP contribution >= 0.6 is 0 Å². The number of aromatic nitrogens is 4. The van der Waals surface area contributed by atoms with Crippen LogP contribution in [0.2, 0.25) is 0 Å². The van der Waals surface area contributed by atoms with Crippen LogP contribution < -0.4 is 27.0 Å². The molecule has 0 aliphatic rings. The van der Waals surface area contributed by atoms with Crippen LogP contribution in [-0.4, -0.2) is 82.2 Å². The maximum Gasteiger partial charge on any atom is 0.326 e. The van der Waals surface area contributed by atoms with E-state index in [-0.39, 0.29) is 42.6 Å². The van der Waals surface area contributed by atoms with E-state index in [0.717, 1.165) is 5.69 Å². The Morgan fingerprint density at radius 2 is 1.93 bits per heavy atom. The van der Waals surface area contributed by atoms with E-state index in [1.807, 2.05) is 11.9 Å². The molecule has 222 valence electrons. The van der Waals surface area contributed by atoms with Gasteiger partial charge in [-0.3, -0.25) is 9.59 Å². The fourth-order valence-electron chi connectivity index (χ4n) is 3.78. The Hall–Kier alpha value is -5.28. The number of anilines is 3. The van der Waals surface area contributed by atoms with Gasteiger partial charge in [0, 0.05) is 49.3 Å². The molecule has 1 atom stereocenters. The normalized spacial score (nSPS) is 11.4. The van der Waals surface area contributed by atoms with Crippen molar-refractivity contribution in [2.24, 2.45) is 5.11 Å². The minimum absolute atomic E-state index is 0.0124. The number of aliphatic carboxylic acids is 1. The second kappa shape index (κ2) is 15.5. The second-order valence-electron chi connectivity index (χ2n) is 9.08. The van der Waals surface area contributed by atoms with Crippen molar-refractivity contribution < 1.29 is 24.2 Å². The molecule has 0 spiro atoms. The number of nitrogens with zero attached hydrogens (tertiary/aromatic N) is 8. The zero-order valence-electron chi connectivity index (χ0n) is 22.9. The second-order valence-corrected chi connectivity index (χ2v) is 9.08. The Morgan fingerprint density at radius 3 is 2.64 bits per heavy atom. The van der Waals surface area contributed by atoms with Crippen LogP contribution in [-0.2, 0) is 20.9 Å². The van der Waals surface area contributed by atoms with E-state index in [2.05, 4.69) is 40.6 Å². The van der Waals surface area contributed by atoms with Gasteiger partial charge < -0.3 is 36.8 Å². The molecule has 42 heavy (non-hydrogen) atoms.